The number of nitrogens with one attached hydrogen (secondary N) is 2. The Morgan fingerprint density at radius 3 is 2.78 bits per heavy atom. The SMILES string of the molecule is CN(C)CCCNC(=O)c1nc2c(Nc3ccc(F)cc3OC3CCCC[C@@H]3O)ncnc2s1.S.S. The van der Waals surface area contributed by atoms with Crippen LogP contribution in [0.1, 0.15) is 41.9 Å². The molecule has 1 saturated carbocycles. The second-order valence-corrected chi connectivity index (χ2v) is 9.56. The quantitative estimate of drug-likeness (QED) is 0.343. The smallest absolute Gasteiger partial charge is 0.280 e. The van der Waals surface area contributed by atoms with Crippen LogP contribution in [0.15, 0.2) is 24.5 Å². The molecule has 1 fully saturated rings. The molecule has 1 aliphatic carbocycles. The lowest BCUT2D eigenvalue weighted by atomic mass is 9.95. The van der Waals surface area contributed by atoms with Gasteiger partial charge in [0.15, 0.2) is 10.8 Å². The molecule has 1 aromatic carbocycles. The number of nitrogens with zero attached hydrogens (tertiary/aromatic N) is 4. The fourth-order valence-corrected chi connectivity index (χ4v) is 4.64. The van der Waals surface area contributed by atoms with E-state index in [1.54, 1.807) is 6.07 Å². The number of rotatable bonds is 9. The Morgan fingerprint density at radius 1 is 1.25 bits per heavy atom. The fourth-order valence-electron chi connectivity index (χ4n) is 3.82. The van der Waals surface area contributed by atoms with Gasteiger partial charge in [0.1, 0.15) is 34.3 Å². The summed E-state index contributed by atoms with van der Waals surface area (Å²) in [6.07, 6.45) is 4.49. The summed E-state index contributed by atoms with van der Waals surface area (Å²) in [6, 6.07) is 4.16. The van der Waals surface area contributed by atoms with Gasteiger partial charge in [-0.15, -0.1) is 0 Å². The van der Waals surface area contributed by atoms with Crippen LogP contribution in [0.3, 0.4) is 0 Å². The van der Waals surface area contributed by atoms with Gasteiger partial charge in [-0.1, -0.05) is 17.8 Å². The molecular formula is C23H33FN6O3S3. The van der Waals surface area contributed by atoms with Crippen LogP contribution in [0.4, 0.5) is 15.9 Å². The normalized spacial score (nSPS) is 17.2. The number of benzene rings is 1. The minimum absolute atomic E-state index is 0. The number of carbonyl (C=O) groups excluding carboxylic acids is 1. The highest BCUT2D eigenvalue weighted by Crippen LogP contribution is 2.34. The summed E-state index contributed by atoms with van der Waals surface area (Å²) >= 11 is 1.18. The van der Waals surface area contributed by atoms with Crippen molar-refractivity contribution in [1.82, 2.24) is 25.2 Å². The maximum atomic E-state index is 14.0. The van der Waals surface area contributed by atoms with Gasteiger partial charge in [0.2, 0.25) is 0 Å². The number of anilines is 2. The molecule has 1 amide bonds. The molecule has 2 aromatic heterocycles. The molecule has 3 N–H and O–H groups in total. The Labute approximate surface area is 227 Å². The number of ether oxygens (including phenoxy) is 1. The Kier molecular flexibility index (Phi) is 11.6. The van der Waals surface area contributed by atoms with Crippen molar-refractivity contribution in [2.75, 3.05) is 32.5 Å². The molecule has 9 nitrogen and oxygen atoms in total. The van der Waals surface area contributed by atoms with Crippen LogP contribution < -0.4 is 15.4 Å². The molecule has 0 spiro atoms. The number of hydrogen-bond donors (Lipinski definition) is 3. The Balaban J connectivity index is 0.00000228. The van der Waals surface area contributed by atoms with Crippen molar-refractivity contribution in [1.29, 1.82) is 0 Å². The van der Waals surface area contributed by atoms with Crippen LogP contribution in [0.5, 0.6) is 5.75 Å². The van der Waals surface area contributed by atoms with E-state index in [2.05, 4.69) is 30.5 Å². The maximum Gasteiger partial charge on any atom is 0.280 e. The van der Waals surface area contributed by atoms with E-state index in [-0.39, 0.29) is 38.6 Å². The molecule has 0 bridgehead atoms. The van der Waals surface area contributed by atoms with Gasteiger partial charge in [-0.3, -0.25) is 4.79 Å². The number of aromatic nitrogens is 3. The molecule has 0 aliphatic heterocycles. The van der Waals surface area contributed by atoms with Crippen molar-refractivity contribution in [3.05, 3.63) is 35.4 Å². The number of aliphatic hydroxyl groups excluding tert-OH is 1. The van der Waals surface area contributed by atoms with E-state index < -0.39 is 18.0 Å². The van der Waals surface area contributed by atoms with Gasteiger partial charge in [0.05, 0.1) is 11.8 Å². The van der Waals surface area contributed by atoms with Crippen LogP contribution in [0.25, 0.3) is 10.3 Å². The van der Waals surface area contributed by atoms with E-state index in [9.17, 15) is 14.3 Å². The third-order valence-electron chi connectivity index (χ3n) is 5.60. The number of thiazole rings is 1. The number of aliphatic hydroxyl groups is 1. The first-order valence-electron chi connectivity index (χ1n) is 11.4. The summed E-state index contributed by atoms with van der Waals surface area (Å²) in [5.74, 6) is -0.0364. The van der Waals surface area contributed by atoms with Gasteiger partial charge in [0.25, 0.3) is 5.91 Å². The van der Waals surface area contributed by atoms with E-state index in [0.29, 0.717) is 46.2 Å². The molecule has 4 rings (SSSR count). The molecule has 2 heterocycles. The van der Waals surface area contributed by atoms with Crippen molar-refractivity contribution >= 4 is 66.1 Å². The van der Waals surface area contributed by atoms with Gasteiger partial charge in [-0.2, -0.15) is 27.0 Å². The largest absolute Gasteiger partial charge is 0.485 e. The predicted octanol–water partition coefficient (Wildman–Crippen LogP) is 3.56. The lowest BCUT2D eigenvalue weighted by molar-refractivity contribution is 0.00712. The maximum absolute atomic E-state index is 14.0. The molecule has 0 radical (unpaired) electrons. The molecule has 2 atom stereocenters. The van der Waals surface area contributed by atoms with Crippen LogP contribution in [-0.2, 0) is 0 Å². The molecule has 198 valence electrons. The van der Waals surface area contributed by atoms with Gasteiger partial charge < -0.3 is 25.4 Å². The van der Waals surface area contributed by atoms with E-state index in [1.165, 1.54) is 29.8 Å². The number of hydrogen-bond acceptors (Lipinski definition) is 9. The van der Waals surface area contributed by atoms with Crippen molar-refractivity contribution in [3.8, 4) is 5.75 Å². The Morgan fingerprint density at radius 2 is 2.03 bits per heavy atom. The topological polar surface area (TPSA) is 113 Å². The summed E-state index contributed by atoms with van der Waals surface area (Å²) < 4.78 is 20.0. The van der Waals surface area contributed by atoms with Crippen LogP contribution >= 0.6 is 38.3 Å². The third-order valence-corrected chi connectivity index (χ3v) is 6.56. The second-order valence-electron chi connectivity index (χ2n) is 8.58. The lowest BCUT2D eigenvalue weighted by Crippen LogP contribution is -2.34. The van der Waals surface area contributed by atoms with Crippen LogP contribution in [0.2, 0.25) is 0 Å². The molecule has 36 heavy (non-hydrogen) atoms. The van der Waals surface area contributed by atoms with Crippen molar-refractivity contribution < 1.29 is 19.0 Å². The average Bonchev–Trinajstić information content (AvgIpc) is 3.25. The fraction of sp³-hybridized carbons (Fsp3) is 0.478. The van der Waals surface area contributed by atoms with Gasteiger partial charge in [0, 0.05) is 12.6 Å². The molecule has 1 aliphatic rings. The summed E-state index contributed by atoms with van der Waals surface area (Å²) in [7, 11) is 3.97. The zero-order chi connectivity index (χ0) is 24.1. The van der Waals surface area contributed by atoms with Gasteiger partial charge in [-0.25, -0.2) is 19.3 Å². The molecule has 1 unspecified atom stereocenters. The third kappa shape index (κ3) is 7.65. The summed E-state index contributed by atoms with van der Waals surface area (Å²) in [4.78, 5) is 28.1. The van der Waals surface area contributed by atoms with Gasteiger partial charge >= 0.3 is 0 Å². The van der Waals surface area contributed by atoms with Crippen LogP contribution in [0, 0.1) is 5.82 Å². The first kappa shape index (κ1) is 30.0. The predicted molar refractivity (Wildman–Crippen MR) is 150 cm³/mol. The minimum Gasteiger partial charge on any atom is -0.485 e. The standard InChI is InChI=1S/C23H29FN6O3S.2H2S/c1-30(2)11-5-10-25-21(32)23-29-19-20(26-13-27-22(19)34-23)28-15-9-8-14(24)12-18(15)33-17-7-4-3-6-16(17)31;;/h8-9,12-13,16-17,31H,3-7,10-11H2,1-2H3,(H,25,32)(H,26,27,28);2*1H2/t16-,17?;;/m0../s1. The molecule has 0 saturated heterocycles. The summed E-state index contributed by atoms with van der Waals surface area (Å²) in [5.41, 5.74) is 0.931. The van der Waals surface area contributed by atoms with E-state index >= 15 is 0 Å². The zero-order valence-electron chi connectivity index (χ0n) is 20.3. The van der Waals surface area contributed by atoms with Gasteiger partial charge in [-0.05, 0) is 58.5 Å². The minimum atomic E-state index is -0.590. The molecular weight excluding hydrogens is 523 g/mol. The van der Waals surface area contributed by atoms with E-state index in [4.69, 9.17) is 4.74 Å². The number of fused-ring (bicyclic) bond motifs is 1. The van der Waals surface area contributed by atoms with Crippen molar-refractivity contribution in [3.63, 3.8) is 0 Å². The monoisotopic (exact) mass is 556 g/mol. The zero-order valence-corrected chi connectivity index (χ0v) is 23.1. The summed E-state index contributed by atoms with van der Waals surface area (Å²) in [5, 5.41) is 16.6. The Hall–Kier alpha value is -2.19. The highest BCUT2D eigenvalue weighted by molar-refractivity contribution is 7.59. The Bertz CT molecular complexity index is 1150. The number of carbonyl (C=O) groups is 1. The van der Waals surface area contributed by atoms with Crippen molar-refractivity contribution in [2.24, 2.45) is 0 Å². The highest BCUT2D eigenvalue weighted by atomic mass is 32.1. The van der Waals surface area contributed by atoms with Crippen molar-refractivity contribution in [2.45, 2.75) is 44.3 Å². The first-order chi connectivity index (χ1) is 16.4. The summed E-state index contributed by atoms with van der Waals surface area (Å²) in [6.45, 7) is 1.42. The number of amides is 1. The second kappa shape index (κ2) is 13.9. The molecule has 3 aromatic rings. The average molecular weight is 557 g/mol. The van der Waals surface area contributed by atoms with E-state index in [0.717, 1.165) is 25.8 Å². The lowest BCUT2D eigenvalue weighted by Gasteiger charge is -2.29. The molecule has 13 heteroatoms. The highest BCUT2D eigenvalue weighted by Gasteiger charge is 2.26. The number of halogens is 1. The first-order valence-corrected chi connectivity index (χ1v) is 12.2. The van der Waals surface area contributed by atoms with Crippen LogP contribution in [-0.4, -0.2) is 70.3 Å². The van der Waals surface area contributed by atoms with E-state index in [1.807, 2.05) is 14.1 Å².